The molecule has 2 aliphatic rings. The van der Waals surface area contributed by atoms with E-state index in [1.165, 1.54) is 76.7 Å². The summed E-state index contributed by atoms with van der Waals surface area (Å²) in [5, 5.41) is 5.06. The van der Waals surface area contributed by atoms with E-state index < -0.39 is 0 Å². The quantitative estimate of drug-likeness (QED) is 0.228. The van der Waals surface area contributed by atoms with Gasteiger partial charge in [-0.25, -0.2) is 9.97 Å². The normalized spacial score (nSPS) is 13.1. The van der Waals surface area contributed by atoms with E-state index in [1.807, 2.05) is 0 Å². The third kappa shape index (κ3) is 2.56. The highest BCUT2D eigenvalue weighted by atomic mass is 15.2. The Bertz CT molecular complexity index is 2350. The predicted octanol–water partition coefficient (Wildman–Crippen LogP) is 6.41. The van der Waals surface area contributed by atoms with Crippen LogP contribution in [0.15, 0.2) is 97.1 Å². The molecule has 0 atom stereocenters. The summed E-state index contributed by atoms with van der Waals surface area (Å²) in [5.41, 5.74) is 13.5. The van der Waals surface area contributed by atoms with Crippen LogP contribution in [0.25, 0.3) is 66.6 Å². The molecule has 2 aliphatic heterocycles. The first kappa shape index (κ1) is 22.5. The van der Waals surface area contributed by atoms with Gasteiger partial charge in [-0.15, -0.1) is 0 Å². The maximum absolute atomic E-state index is 5.51. The summed E-state index contributed by atoms with van der Waals surface area (Å²) in [4.78, 5) is 11.0. The van der Waals surface area contributed by atoms with Gasteiger partial charge in [0.1, 0.15) is 11.6 Å². The number of hydrogen-bond acceptors (Lipinski definition) is 2. The third-order valence-corrected chi connectivity index (χ3v) is 9.59. The Hall–Kier alpha value is -5.16. The minimum absolute atomic E-state index is 0.0466. The summed E-state index contributed by atoms with van der Waals surface area (Å²) < 4.78 is 4.83. The van der Waals surface area contributed by atoms with Crippen molar-refractivity contribution in [3.8, 4) is 23.0 Å². The van der Waals surface area contributed by atoms with Gasteiger partial charge in [-0.05, 0) is 55.0 Å². The molecule has 0 aliphatic carbocycles. The number of hydrogen-bond donors (Lipinski definition) is 0. The van der Waals surface area contributed by atoms with Gasteiger partial charge in [0.2, 0.25) is 0 Å². The first-order chi connectivity index (χ1) is 20.6. The van der Waals surface area contributed by atoms with Crippen LogP contribution in [-0.4, -0.2) is 25.8 Å². The summed E-state index contributed by atoms with van der Waals surface area (Å²) in [5.74, 6) is 2.77. The SMILES string of the molecule is Cc1cc(C)c(-c2nc3c4c(n2)-n2c5ccccc5c5cccc(c52)B4c2cccc4c5ccccc5n-3c24)c(C)c1. The zero-order valence-corrected chi connectivity index (χ0v) is 23.6. The molecule has 5 heterocycles. The van der Waals surface area contributed by atoms with Crippen molar-refractivity contribution < 1.29 is 0 Å². The van der Waals surface area contributed by atoms with Gasteiger partial charge in [0.15, 0.2) is 5.82 Å². The summed E-state index contributed by atoms with van der Waals surface area (Å²) in [7, 11) is 0. The fourth-order valence-electron chi connectivity index (χ4n) is 8.16. The van der Waals surface area contributed by atoms with Crippen LogP contribution in [0, 0.1) is 20.8 Å². The van der Waals surface area contributed by atoms with Crippen LogP contribution in [-0.2, 0) is 0 Å². The van der Waals surface area contributed by atoms with Crippen LogP contribution in [0.3, 0.4) is 0 Å². The average Bonchev–Trinajstić information content (AvgIpc) is 3.52. The molecule has 42 heavy (non-hydrogen) atoms. The molecule has 0 unspecified atom stereocenters. The Morgan fingerprint density at radius 3 is 1.55 bits per heavy atom. The monoisotopic (exact) mass is 536 g/mol. The zero-order chi connectivity index (χ0) is 27.9. The minimum atomic E-state index is 0.0466. The van der Waals surface area contributed by atoms with E-state index in [4.69, 9.17) is 9.97 Å². The van der Waals surface area contributed by atoms with Crippen molar-refractivity contribution >= 4 is 66.7 Å². The van der Waals surface area contributed by atoms with Gasteiger partial charge in [0.05, 0.1) is 22.1 Å². The van der Waals surface area contributed by atoms with Gasteiger partial charge in [-0.1, -0.05) is 90.5 Å². The molecule has 0 saturated carbocycles. The molecule has 0 saturated heterocycles. The first-order valence-electron chi connectivity index (χ1n) is 14.6. The van der Waals surface area contributed by atoms with E-state index in [1.54, 1.807) is 0 Å². The molecule has 196 valence electrons. The fourth-order valence-corrected chi connectivity index (χ4v) is 8.16. The van der Waals surface area contributed by atoms with Crippen LogP contribution >= 0.6 is 0 Å². The molecule has 8 aromatic rings. The molecular weight excluding hydrogens is 511 g/mol. The molecule has 0 amide bonds. The molecule has 0 N–H and O–H groups in total. The van der Waals surface area contributed by atoms with Crippen LogP contribution < -0.4 is 16.4 Å². The summed E-state index contributed by atoms with van der Waals surface area (Å²) in [6.07, 6.45) is 0. The molecule has 0 radical (unpaired) electrons. The maximum atomic E-state index is 5.51. The third-order valence-electron chi connectivity index (χ3n) is 9.59. The minimum Gasteiger partial charge on any atom is -0.295 e. The smallest absolute Gasteiger partial charge is 0.256 e. The zero-order valence-electron chi connectivity index (χ0n) is 23.6. The fraction of sp³-hybridized carbons (Fsp3) is 0.0811. The lowest BCUT2D eigenvalue weighted by Gasteiger charge is -2.32. The average molecular weight is 536 g/mol. The number of fused-ring (bicyclic) bond motifs is 10. The second-order valence-corrected chi connectivity index (χ2v) is 12.0. The lowest BCUT2D eigenvalue weighted by Crippen LogP contribution is -2.60. The summed E-state index contributed by atoms with van der Waals surface area (Å²) in [6.45, 7) is 6.57. The van der Waals surface area contributed by atoms with Crippen molar-refractivity contribution in [1.82, 2.24) is 19.1 Å². The predicted molar refractivity (Wildman–Crippen MR) is 175 cm³/mol. The van der Waals surface area contributed by atoms with E-state index in [0.717, 1.165) is 23.0 Å². The highest BCUT2D eigenvalue weighted by Gasteiger charge is 2.42. The Morgan fingerprint density at radius 1 is 0.548 bits per heavy atom. The number of aryl methyl sites for hydroxylation is 3. The molecular formula is C37H25BN4. The Labute approximate surface area is 243 Å². The second kappa shape index (κ2) is 7.57. The van der Waals surface area contributed by atoms with E-state index in [9.17, 15) is 0 Å². The Kier molecular flexibility index (Phi) is 4.06. The van der Waals surface area contributed by atoms with Crippen LogP contribution in [0.4, 0.5) is 0 Å². The van der Waals surface area contributed by atoms with Crippen LogP contribution in [0.5, 0.6) is 0 Å². The van der Waals surface area contributed by atoms with Crippen molar-refractivity contribution in [2.45, 2.75) is 20.8 Å². The summed E-state index contributed by atoms with van der Waals surface area (Å²) in [6, 6.07) is 35.6. The number of benzene rings is 5. The molecule has 10 rings (SSSR count). The van der Waals surface area contributed by atoms with Gasteiger partial charge in [-0.3, -0.25) is 9.13 Å². The standard InChI is InChI=1S/C37H25BN4/c1-20-18-21(2)31(22(3)19-20)35-39-36-32-37(40-35)42-30-17-7-5-11-24(30)26-13-9-15-28(34(26)42)38(32)27-14-8-12-25-23-10-4-6-16-29(23)41(36)33(25)27/h4-19H,1-3H3. The molecule has 0 fully saturated rings. The van der Waals surface area contributed by atoms with E-state index in [2.05, 4.69) is 127 Å². The van der Waals surface area contributed by atoms with Gasteiger partial charge in [0, 0.05) is 32.6 Å². The molecule has 5 heteroatoms. The van der Waals surface area contributed by atoms with Crippen LogP contribution in [0.1, 0.15) is 16.7 Å². The van der Waals surface area contributed by atoms with Crippen LogP contribution in [0.2, 0.25) is 0 Å². The highest BCUT2D eigenvalue weighted by molar-refractivity contribution is 7.00. The van der Waals surface area contributed by atoms with Crippen molar-refractivity contribution in [3.05, 3.63) is 114 Å². The molecule has 0 spiro atoms. The van der Waals surface area contributed by atoms with Gasteiger partial charge in [0.25, 0.3) is 6.71 Å². The number of rotatable bonds is 1. The van der Waals surface area contributed by atoms with E-state index in [-0.39, 0.29) is 6.71 Å². The molecule has 3 aromatic heterocycles. The van der Waals surface area contributed by atoms with Gasteiger partial charge >= 0.3 is 0 Å². The van der Waals surface area contributed by atoms with Gasteiger partial charge in [-0.2, -0.15) is 0 Å². The number of para-hydroxylation sites is 4. The van der Waals surface area contributed by atoms with E-state index in [0.29, 0.717) is 0 Å². The lowest BCUT2D eigenvalue weighted by molar-refractivity contribution is 1.00. The highest BCUT2D eigenvalue weighted by Crippen LogP contribution is 2.39. The van der Waals surface area contributed by atoms with Gasteiger partial charge < -0.3 is 0 Å². The number of aromatic nitrogens is 4. The Balaban J connectivity index is 1.48. The van der Waals surface area contributed by atoms with Crippen molar-refractivity contribution in [2.24, 2.45) is 0 Å². The topological polar surface area (TPSA) is 35.6 Å². The number of nitrogens with zero attached hydrogens (tertiary/aromatic N) is 4. The Morgan fingerprint density at radius 2 is 1.02 bits per heavy atom. The first-order valence-corrected chi connectivity index (χ1v) is 14.6. The molecule has 0 bridgehead atoms. The van der Waals surface area contributed by atoms with Crippen molar-refractivity contribution in [3.63, 3.8) is 0 Å². The second-order valence-electron chi connectivity index (χ2n) is 12.0. The lowest BCUT2D eigenvalue weighted by atomic mass is 9.35. The molecule has 5 aromatic carbocycles. The maximum Gasteiger partial charge on any atom is 0.256 e. The summed E-state index contributed by atoms with van der Waals surface area (Å²) >= 11 is 0. The largest absolute Gasteiger partial charge is 0.295 e. The van der Waals surface area contributed by atoms with Crippen molar-refractivity contribution in [1.29, 1.82) is 0 Å². The van der Waals surface area contributed by atoms with Crippen molar-refractivity contribution in [2.75, 3.05) is 0 Å². The van der Waals surface area contributed by atoms with E-state index >= 15 is 0 Å². The molecule has 4 nitrogen and oxygen atoms in total.